The van der Waals surface area contributed by atoms with Crippen molar-refractivity contribution in [2.75, 3.05) is 24.6 Å². The second-order valence-corrected chi connectivity index (χ2v) is 5.39. The highest BCUT2D eigenvalue weighted by Gasteiger charge is 2.26. The molecule has 2 aliphatic rings. The van der Waals surface area contributed by atoms with Gasteiger partial charge in [-0.1, -0.05) is 24.6 Å². The molecule has 92 valence electrons. The van der Waals surface area contributed by atoms with Gasteiger partial charge >= 0.3 is 0 Å². The summed E-state index contributed by atoms with van der Waals surface area (Å²) in [6, 6.07) is 6.56. The first-order chi connectivity index (χ1) is 8.38. The minimum atomic E-state index is 0.258. The van der Waals surface area contributed by atoms with Crippen LogP contribution < -0.4 is 4.90 Å². The van der Waals surface area contributed by atoms with Crippen LogP contribution in [0, 0.1) is 5.92 Å². The van der Waals surface area contributed by atoms with Crippen LogP contribution in [-0.4, -0.2) is 24.8 Å². The van der Waals surface area contributed by atoms with Gasteiger partial charge in [0.25, 0.3) is 0 Å². The molecule has 1 heterocycles. The first-order valence-electron chi connectivity index (χ1n) is 6.85. The van der Waals surface area contributed by atoms with E-state index < -0.39 is 0 Å². The van der Waals surface area contributed by atoms with Gasteiger partial charge in [-0.3, -0.25) is 0 Å². The maximum Gasteiger partial charge on any atom is 0.0472 e. The van der Waals surface area contributed by atoms with Gasteiger partial charge in [0.05, 0.1) is 0 Å². The molecule has 0 bridgehead atoms. The van der Waals surface area contributed by atoms with E-state index >= 15 is 0 Å². The van der Waals surface area contributed by atoms with E-state index in [1.54, 1.807) is 0 Å². The van der Waals surface area contributed by atoms with Crippen molar-refractivity contribution in [2.24, 2.45) is 5.92 Å². The summed E-state index contributed by atoms with van der Waals surface area (Å²) in [5.41, 5.74) is 4.26. The van der Waals surface area contributed by atoms with Crippen molar-refractivity contribution in [3.8, 4) is 0 Å². The molecule has 2 heteroatoms. The lowest BCUT2D eigenvalue weighted by Gasteiger charge is -2.32. The van der Waals surface area contributed by atoms with Crippen LogP contribution in [-0.2, 0) is 12.8 Å². The van der Waals surface area contributed by atoms with Crippen molar-refractivity contribution in [2.45, 2.75) is 32.1 Å². The molecular weight excluding hydrogens is 210 g/mol. The van der Waals surface area contributed by atoms with E-state index in [-0.39, 0.29) is 6.61 Å². The molecule has 3 rings (SSSR count). The second-order valence-electron chi connectivity index (χ2n) is 5.39. The van der Waals surface area contributed by atoms with E-state index in [9.17, 15) is 0 Å². The largest absolute Gasteiger partial charge is 0.396 e. The van der Waals surface area contributed by atoms with Gasteiger partial charge in [0.15, 0.2) is 0 Å². The highest BCUT2D eigenvalue weighted by molar-refractivity contribution is 5.63. The van der Waals surface area contributed by atoms with Crippen molar-refractivity contribution < 1.29 is 5.11 Å². The molecule has 0 amide bonds. The third kappa shape index (κ3) is 2.06. The molecule has 1 aliphatic heterocycles. The SMILES string of the molecule is OCCc1cccc2c1N(CC1CCC1)CC2. The van der Waals surface area contributed by atoms with Crippen LogP contribution in [0.2, 0.25) is 0 Å². The average molecular weight is 231 g/mol. The number of rotatable bonds is 4. The van der Waals surface area contributed by atoms with Crippen LogP contribution in [0.3, 0.4) is 0 Å². The molecule has 0 spiro atoms. The first kappa shape index (κ1) is 11.1. The van der Waals surface area contributed by atoms with E-state index in [1.165, 1.54) is 55.6 Å². The normalized spacial score (nSPS) is 19.2. The zero-order valence-electron chi connectivity index (χ0n) is 10.4. The standard InChI is InChI=1S/C15H21NO/c17-10-8-14-6-2-5-13-7-9-16(15(13)14)11-12-3-1-4-12/h2,5-6,12,17H,1,3-4,7-11H2. The lowest BCUT2D eigenvalue weighted by Crippen LogP contribution is -2.31. The van der Waals surface area contributed by atoms with Crippen LogP contribution in [0.1, 0.15) is 30.4 Å². The summed E-state index contributed by atoms with van der Waals surface area (Å²) < 4.78 is 0. The van der Waals surface area contributed by atoms with Gasteiger partial charge in [-0.05, 0) is 42.7 Å². The molecule has 1 N–H and O–H groups in total. The smallest absolute Gasteiger partial charge is 0.0472 e. The number of nitrogens with zero attached hydrogens (tertiary/aromatic N) is 1. The first-order valence-corrected chi connectivity index (χ1v) is 6.85. The molecule has 1 saturated carbocycles. The number of aliphatic hydroxyl groups is 1. The minimum Gasteiger partial charge on any atom is -0.396 e. The van der Waals surface area contributed by atoms with Crippen molar-refractivity contribution in [1.29, 1.82) is 0 Å². The summed E-state index contributed by atoms with van der Waals surface area (Å²) in [4.78, 5) is 2.56. The fraction of sp³-hybridized carbons (Fsp3) is 0.600. The number of hydrogen-bond donors (Lipinski definition) is 1. The van der Waals surface area contributed by atoms with Crippen molar-refractivity contribution in [1.82, 2.24) is 0 Å². The Morgan fingerprint density at radius 1 is 1.29 bits per heavy atom. The Bertz CT molecular complexity index is 398. The highest BCUT2D eigenvalue weighted by Crippen LogP contribution is 2.35. The summed E-state index contributed by atoms with van der Waals surface area (Å²) in [5.74, 6) is 0.920. The van der Waals surface area contributed by atoms with E-state index in [4.69, 9.17) is 5.11 Å². The van der Waals surface area contributed by atoms with Crippen molar-refractivity contribution >= 4 is 5.69 Å². The van der Waals surface area contributed by atoms with Crippen LogP contribution >= 0.6 is 0 Å². The van der Waals surface area contributed by atoms with Crippen LogP contribution in [0.25, 0.3) is 0 Å². The number of aliphatic hydroxyl groups excluding tert-OH is 1. The molecule has 1 aromatic rings. The Balaban J connectivity index is 1.82. The minimum absolute atomic E-state index is 0.258. The molecule has 0 saturated heterocycles. The predicted molar refractivity (Wildman–Crippen MR) is 70.5 cm³/mol. The molecule has 2 nitrogen and oxygen atoms in total. The van der Waals surface area contributed by atoms with Crippen molar-refractivity contribution in [3.63, 3.8) is 0 Å². The van der Waals surface area contributed by atoms with Gasteiger partial charge in [0, 0.05) is 25.4 Å². The molecule has 0 aromatic heterocycles. The Morgan fingerprint density at radius 3 is 2.88 bits per heavy atom. The lowest BCUT2D eigenvalue weighted by atomic mass is 9.85. The summed E-state index contributed by atoms with van der Waals surface area (Å²) in [7, 11) is 0. The number of hydrogen-bond acceptors (Lipinski definition) is 2. The topological polar surface area (TPSA) is 23.5 Å². The number of fused-ring (bicyclic) bond motifs is 1. The molecule has 0 atom stereocenters. The Hall–Kier alpha value is -1.02. The molecule has 0 radical (unpaired) electrons. The lowest BCUT2D eigenvalue weighted by molar-refractivity contribution is 0.299. The fourth-order valence-corrected chi connectivity index (χ4v) is 3.11. The summed E-state index contributed by atoms with van der Waals surface area (Å²) in [5, 5.41) is 9.16. The number of anilines is 1. The summed E-state index contributed by atoms with van der Waals surface area (Å²) >= 11 is 0. The van der Waals surface area contributed by atoms with Gasteiger partial charge < -0.3 is 10.0 Å². The van der Waals surface area contributed by atoms with Crippen molar-refractivity contribution in [3.05, 3.63) is 29.3 Å². The molecule has 0 unspecified atom stereocenters. The third-order valence-electron chi connectivity index (χ3n) is 4.25. The van der Waals surface area contributed by atoms with Gasteiger partial charge in [0.2, 0.25) is 0 Å². The average Bonchev–Trinajstić information content (AvgIpc) is 2.68. The van der Waals surface area contributed by atoms with Crippen LogP contribution in [0.15, 0.2) is 18.2 Å². The molecule has 1 fully saturated rings. The predicted octanol–water partition coefficient (Wildman–Crippen LogP) is 2.38. The van der Waals surface area contributed by atoms with Gasteiger partial charge in [-0.15, -0.1) is 0 Å². The maximum atomic E-state index is 9.16. The van der Waals surface area contributed by atoms with Gasteiger partial charge in [-0.25, -0.2) is 0 Å². The van der Waals surface area contributed by atoms with Gasteiger partial charge in [-0.2, -0.15) is 0 Å². The monoisotopic (exact) mass is 231 g/mol. The zero-order valence-corrected chi connectivity index (χ0v) is 10.4. The van der Waals surface area contributed by atoms with E-state index in [1.807, 2.05) is 0 Å². The Morgan fingerprint density at radius 2 is 2.18 bits per heavy atom. The van der Waals surface area contributed by atoms with E-state index in [0.717, 1.165) is 12.3 Å². The van der Waals surface area contributed by atoms with Crippen LogP contribution in [0.5, 0.6) is 0 Å². The Labute approximate surface area is 103 Å². The third-order valence-corrected chi connectivity index (χ3v) is 4.25. The molecule has 17 heavy (non-hydrogen) atoms. The quantitative estimate of drug-likeness (QED) is 0.860. The van der Waals surface area contributed by atoms with E-state index in [0.29, 0.717) is 0 Å². The maximum absolute atomic E-state index is 9.16. The number of para-hydroxylation sites is 1. The molecule has 1 aliphatic carbocycles. The second kappa shape index (κ2) is 4.69. The summed E-state index contributed by atoms with van der Waals surface area (Å²) in [6.07, 6.45) is 6.22. The zero-order chi connectivity index (χ0) is 11.7. The molecule has 1 aromatic carbocycles. The van der Waals surface area contributed by atoms with Gasteiger partial charge in [0.1, 0.15) is 0 Å². The highest BCUT2D eigenvalue weighted by atomic mass is 16.2. The van der Waals surface area contributed by atoms with E-state index in [2.05, 4.69) is 23.1 Å². The van der Waals surface area contributed by atoms with Crippen LogP contribution in [0.4, 0.5) is 5.69 Å². The summed E-state index contributed by atoms with van der Waals surface area (Å²) in [6.45, 7) is 2.66. The Kier molecular flexibility index (Phi) is 3.06. The number of benzene rings is 1. The fourth-order valence-electron chi connectivity index (χ4n) is 3.11. The molecular formula is C15H21NO.